The summed E-state index contributed by atoms with van der Waals surface area (Å²) in [6.45, 7) is 0.892. The maximum absolute atomic E-state index is 13.8. The van der Waals surface area contributed by atoms with Gasteiger partial charge >= 0.3 is 0 Å². The van der Waals surface area contributed by atoms with Gasteiger partial charge < -0.3 is 10.2 Å². The van der Waals surface area contributed by atoms with E-state index in [-0.39, 0.29) is 11.9 Å². The molecule has 1 aromatic carbocycles. The van der Waals surface area contributed by atoms with Gasteiger partial charge in [-0.1, -0.05) is 18.2 Å². The number of aromatic nitrogens is 4. The first-order valence-electron chi connectivity index (χ1n) is 10.9. The number of imidazole rings is 1. The quantitative estimate of drug-likeness (QED) is 0.506. The molecule has 0 bridgehead atoms. The number of benzene rings is 1. The SMILES string of the molecule is Fc1cccc([C@H]2CCCN2c2ccc3ncc(-c4cccc(NC5CC5)n4)n3n2)c1. The number of hydrogen-bond acceptors (Lipinski definition) is 5. The minimum atomic E-state index is -0.199. The fourth-order valence-corrected chi connectivity index (χ4v) is 4.39. The Bertz CT molecular complexity index is 1250. The number of nitrogens with zero attached hydrogens (tertiary/aromatic N) is 5. The van der Waals surface area contributed by atoms with Gasteiger partial charge in [-0.05, 0) is 67.6 Å². The summed E-state index contributed by atoms with van der Waals surface area (Å²) in [4.78, 5) is 11.6. The first kappa shape index (κ1) is 18.3. The third-order valence-electron chi connectivity index (χ3n) is 6.07. The van der Waals surface area contributed by atoms with Crippen molar-refractivity contribution in [3.63, 3.8) is 0 Å². The maximum Gasteiger partial charge on any atom is 0.154 e. The van der Waals surface area contributed by atoms with Gasteiger partial charge in [0.25, 0.3) is 0 Å². The molecule has 6 nitrogen and oxygen atoms in total. The number of nitrogens with one attached hydrogen (secondary N) is 1. The zero-order chi connectivity index (χ0) is 20.8. The fourth-order valence-electron chi connectivity index (χ4n) is 4.39. The number of anilines is 2. The van der Waals surface area contributed by atoms with Crippen LogP contribution < -0.4 is 10.2 Å². The lowest BCUT2D eigenvalue weighted by atomic mass is 10.0. The Balaban J connectivity index is 1.36. The van der Waals surface area contributed by atoms with Crippen molar-refractivity contribution in [2.75, 3.05) is 16.8 Å². The zero-order valence-electron chi connectivity index (χ0n) is 17.1. The van der Waals surface area contributed by atoms with Crippen LogP contribution in [0.25, 0.3) is 17.0 Å². The highest BCUT2D eigenvalue weighted by atomic mass is 19.1. The second kappa shape index (κ2) is 7.34. The van der Waals surface area contributed by atoms with Crippen molar-refractivity contribution in [1.82, 2.24) is 19.6 Å². The normalized spacial score (nSPS) is 18.6. The summed E-state index contributed by atoms with van der Waals surface area (Å²) in [5, 5.41) is 8.37. The highest BCUT2D eigenvalue weighted by molar-refractivity contribution is 5.62. The number of rotatable bonds is 5. The lowest BCUT2D eigenvalue weighted by Crippen LogP contribution is -2.24. The molecule has 7 heteroatoms. The first-order valence-corrected chi connectivity index (χ1v) is 10.9. The molecule has 0 spiro atoms. The fraction of sp³-hybridized carbons (Fsp3) is 0.292. The standard InChI is InChI=1S/C24H23FN6/c25-17-5-1-4-16(14-17)20-7-3-13-30(20)24-12-11-23-26-15-21(31(23)29-24)19-6-2-8-22(28-19)27-18-9-10-18/h1-2,4-6,8,11-12,14-15,18,20H,3,7,9-10,13H2,(H,27,28)/t20-/m1/s1. The molecule has 0 unspecified atom stereocenters. The lowest BCUT2D eigenvalue weighted by Gasteiger charge is -2.26. The van der Waals surface area contributed by atoms with E-state index < -0.39 is 0 Å². The van der Waals surface area contributed by atoms with Gasteiger partial charge in [-0.15, -0.1) is 5.10 Å². The molecular weight excluding hydrogens is 391 g/mol. The van der Waals surface area contributed by atoms with Crippen molar-refractivity contribution >= 4 is 17.3 Å². The number of hydrogen-bond donors (Lipinski definition) is 1. The predicted octanol–water partition coefficient (Wildman–Crippen LogP) is 4.85. The summed E-state index contributed by atoms with van der Waals surface area (Å²) in [6.07, 6.45) is 6.26. The van der Waals surface area contributed by atoms with Gasteiger partial charge in [0.15, 0.2) is 5.65 Å². The van der Waals surface area contributed by atoms with Crippen LogP contribution in [0.2, 0.25) is 0 Å². The van der Waals surface area contributed by atoms with Crippen molar-refractivity contribution in [2.24, 2.45) is 0 Å². The maximum atomic E-state index is 13.8. The summed E-state index contributed by atoms with van der Waals surface area (Å²) in [6, 6.07) is 17.5. The highest BCUT2D eigenvalue weighted by Gasteiger charge is 2.28. The van der Waals surface area contributed by atoms with E-state index >= 15 is 0 Å². The molecule has 1 N–H and O–H groups in total. The number of pyridine rings is 1. The molecule has 1 saturated carbocycles. The van der Waals surface area contributed by atoms with Crippen LogP contribution >= 0.6 is 0 Å². The van der Waals surface area contributed by atoms with Gasteiger partial charge in [0.2, 0.25) is 0 Å². The van der Waals surface area contributed by atoms with Crippen molar-refractivity contribution in [3.05, 3.63) is 72.2 Å². The van der Waals surface area contributed by atoms with Gasteiger partial charge in [-0.25, -0.2) is 18.9 Å². The van der Waals surface area contributed by atoms with Gasteiger partial charge in [-0.3, -0.25) is 0 Å². The van der Waals surface area contributed by atoms with Crippen LogP contribution in [-0.2, 0) is 0 Å². The molecule has 2 fully saturated rings. The van der Waals surface area contributed by atoms with Crippen LogP contribution in [0.5, 0.6) is 0 Å². The van der Waals surface area contributed by atoms with Crippen molar-refractivity contribution in [1.29, 1.82) is 0 Å². The molecule has 2 aliphatic rings. The molecule has 156 valence electrons. The molecule has 31 heavy (non-hydrogen) atoms. The average Bonchev–Trinajstić information content (AvgIpc) is 3.30. The second-order valence-electron chi connectivity index (χ2n) is 8.34. The summed E-state index contributed by atoms with van der Waals surface area (Å²) < 4.78 is 15.7. The van der Waals surface area contributed by atoms with E-state index in [9.17, 15) is 4.39 Å². The Hall–Kier alpha value is -3.48. The van der Waals surface area contributed by atoms with Crippen LogP contribution in [0, 0.1) is 5.82 Å². The van der Waals surface area contributed by atoms with Crippen molar-refractivity contribution < 1.29 is 4.39 Å². The molecule has 1 aliphatic heterocycles. The molecule has 0 amide bonds. The number of halogens is 1. The second-order valence-corrected chi connectivity index (χ2v) is 8.34. The van der Waals surface area contributed by atoms with E-state index in [4.69, 9.17) is 10.1 Å². The molecule has 3 aromatic heterocycles. The largest absolute Gasteiger partial charge is 0.367 e. The van der Waals surface area contributed by atoms with E-state index in [1.807, 2.05) is 47.1 Å². The van der Waals surface area contributed by atoms with Gasteiger partial charge in [0.1, 0.15) is 23.1 Å². The smallest absolute Gasteiger partial charge is 0.154 e. The molecular formula is C24H23FN6. The molecule has 4 aromatic rings. The zero-order valence-corrected chi connectivity index (χ0v) is 17.1. The van der Waals surface area contributed by atoms with E-state index in [0.717, 1.165) is 53.6 Å². The number of fused-ring (bicyclic) bond motifs is 1. The Morgan fingerprint density at radius 2 is 1.90 bits per heavy atom. The van der Waals surface area contributed by atoms with Crippen LogP contribution in [0.4, 0.5) is 16.0 Å². The van der Waals surface area contributed by atoms with Gasteiger partial charge in [0.05, 0.1) is 17.9 Å². The van der Waals surface area contributed by atoms with Gasteiger partial charge in [0, 0.05) is 12.6 Å². The minimum Gasteiger partial charge on any atom is -0.367 e. The molecule has 6 rings (SSSR count). The Labute approximate surface area is 179 Å². The topological polar surface area (TPSA) is 58.4 Å². The Morgan fingerprint density at radius 1 is 1.00 bits per heavy atom. The van der Waals surface area contributed by atoms with Crippen LogP contribution in [-0.4, -0.2) is 32.2 Å². The molecule has 1 atom stereocenters. The lowest BCUT2D eigenvalue weighted by molar-refractivity contribution is 0.617. The van der Waals surface area contributed by atoms with Gasteiger partial charge in [-0.2, -0.15) is 0 Å². The van der Waals surface area contributed by atoms with Crippen LogP contribution in [0.3, 0.4) is 0 Å². The highest BCUT2D eigenvalue weighted by Crippen LogP contribution is 2.35. The van der Waals surface area contributed by atoms with Crippen LogP contribution in [0.1, 0.15) is 37.3 Å². The van der Waals surface area contributed by atoms with E-state index in [0.29, 0.717) is 6.04 Å². The first-order chi connectivity index (χ1) is 15.2. The predicted molar refractivity (Wildman–Crippen MR) is 119 cm³/mol. The summed E-state index contributed by atoms with van der Waals surface area (Å²) in [5.74, 6) is 1.55. The van der Waals surface area contributed by atoms with E-state index in [2.05, 4.69) is 15.2 Å². The summed E-state index contributed by atoms with van der Waals surface area (Å²) >= 11 is 0. The van der Waals surface area contributed by atoms with E-state index in [1.54, 1.807) is 12.1 Å². The third kappa shape index (κ3) is 3.50. The minimum absolute atomic E-state index is 0.122. The summed E-state index contributed by atoms with van der Waals surface area (Å²) in [7, 11) is 0. The average molecular weight is 414 g/mol. The monoisotopic (exact) mass is 414 g/mol. The molecule has 4 heterocycles. The Kier molecular flexibility index (Phi) is 4.33. The van der Waals surface area contributed by atoms with Crippen molar-refractivity contribution in [2.45, 2.75) is 37.8 Å². The third-order valence-corrected chi connectivity index (χ3v) is 6.07. The van der Waals surface area contributed by atoms with Crippen molar-refractivity contribution in [3.8, 4) is 11.4 Å². The molecule has 0 radical (unpaired) electrons. The summed E-state index contributed by atoms with van der Waals surface area (Å²) in [5.41, 5.74) is 3.47. The molecule has 1 aliphatic carbocycles. The molecule has 1 saturated heterocycles. The Morgan fingerprint density at radius 3 is 2.77 bits per heavy atom. The van der Waals surface area contributed by atoms with E-state index in [1.165, 1.54) is 18.9 Å². The van der Waals surface area contributed by atoms with Crippen LogP contribution in [0.15, 0.2) is 60.8 Å².